The largest absolute Gasteiger partial charge is 0.495 e. The number of nitrogens with one attached hydrogen (secondary N) is 1. The van der Waals surface area contributed by atoms with Crippen molar-refractivity contribution < 1.29 is 30.7 Å². The summed E-state index contributed by atoms with van der Waals surface area (Å²) < 4.78 is 75.7. The van der Waals surface area contributed by atoms with Gasteiger partial charge in [0.05, 0.1) is 12.0 Å². The number of benzene rings is 2. The maximum absolute atomic E-state index is 13.4. The van der Waals surface area contributed by atoms with Crippen molar-refractivity contribution in [3.8, 4) is 11.5 Å². The van der Waals surface area contributed by atoms with Crippen molar-refractivity contribution in [2.24, 2.45) is 0 Å². The average Bonchev–Trinajstić information content (AvgIpc) is 2.65. The summed E-state index contributed by atoms with van der Waals surface area (Å²) in [6.45, 7) is -0.101. The maximum Gasteiger partial charge on any atom is 0.244 e. The minimum Gasteiger partial charge on any atom is -0.495 e. The van der Waals surface area contributed by atoms with Crippen LogP contribution in [-0.2, 0) is 20.0 Å². The molecule has 2 aromatic carbocycles. The summed E-state index contributed by atoms with van der Waals surface area (Å²) in [7, 11) is -3.38. The van der Waals surface area contributed by atoms with Gasteiger partial charge < -0.3 is 9.47 Å². The summed E-state index contributed by atoms with van der Waals surface area (Å²) in [5, 5.41) is 0. The second-order valence-electron chi connectivity index (χ2n) is 5.80. The molecule has 0 heterocycles. The van der Waals surface area contributed by atoms with Crippen LogP contribution in [0.3, 0.4) is 0 Å². The van der Waals surface area contributed by atoms with Crippen molar-refractivity contribution in [3.63, 3.8) is 0 Å². The molecule has 28 heavy (non-hydrogen) atoms. The molecule has 0 aliphatic rings. The van der Waals surface area contributed by atoms with Gasteiger partial charge in [-0.3, -0.25) is 0 Å². The van der Waals surface area contributed by atoms with Crippen LogP contribution < -0.4 is 14.2 Å². The molecule has 0 unspecified atom stereocenters. The van der Waals surface area contributed by atoms with Crippen LogP contribution in [0.1, 0.15) is 0 Å². The van der Waals surface area contributed by atoms with Crippen LogP contribution in [0, 0.1) is 5.82 Å². The zero-order valence-electron chi connectivity index (χ0n) is 15.5. The lowest BCUT2D eigenvalue weighted by Gasteiger charge is -2.13. The lowest BCUT2D eigenvalue weighted by atomic mass is 10.3. The summed E-state index contributed by atoms with van der Waals surface area (Å²) in [4.78, 5) is -0.197. The van der Waals surface area contributed by atoms with Crippen LogP contribution in [0.5, 0.6) is 11.5 Å². The SMILES string of the molecule is COc1ccc(F)cc1S(=O)(=O)NCCOc1ccc(S(=O)(=O)N(C)C)cc1. The molecule has 0 radical (unpaired) electrons. The fourth-order valence-corrected chi connectivity index (χ4v) is 4.30. The third kappa shape index (κ3) is 5.19. The number of hydrogen-bond donors (Lipinski definition) is 1. The highest BCUT2D eigenvalue weighted by molar-refractivity contribution is 7.89. The van der Waals surface area contributed by atoms with E-state index in [1.54, 1.807) is 0 Å². The van der Waals surface area contributed by atoms with Crippen LogP contribution in [0.15, 0.2) is 52.3 Å². The van der Waals surface area contributed by atoms with E-state index in [9.17, 15) is 21.2 Å². The maximum atomic E-state index is 13.4. The van der Waals surface area contributed by atoms with Crippen molar-refractivity contribution in [3.05, 3.63) is 48.3 Å². The molecule has 0 saturated carbocycles. The van der Waals surface area contributed by atoms with Gasteiger partial charge in [0, 0.05) is 20.6 Å². The number of ether oxygens (including phenoxy) is 2. The highest BCUT2D eigenvalue weighted by atomic mass is 32.2. The monoisotopic (exact) mass is 432 g/mol. The highest BCUT2D eigenvalue weighted by Gasteiger charge is 2.20. The molecule has 11 heteroatoms. The van der Waals surface area contributed by atoms with E-state index in [2.05, 4.69) is 4.72 Å². The molecule has 0 aliphatic carbocycles. The Morgan fingerprint density at radius 2 is 1.68 bits per heavy atom. The lowest BCUT2D eigenvalue weighted by Crippen LogP contribution is -2.28. The van der Waals surface area contributed by atoms with E-state index >= 15 is 0 Å². The molecule has 2 rings (SSSR count). The summed E-state index contributed by atoms with van der Waals surface area (Å²) in [5.41, 5.74) is 0. The molecule has 0 saturated heterocycles. The summed E-state index contributed by atoms with van der Waals surface area (Å²) >= 11 is 0. The predicted octanol–water partition coefficient (Wildman–Crippen LogP) is 1.44. The molecule has 154 valence electrons. The molecule has 0 aromatic heterocycles. The molecule has 0 spiro atoms. The lowest BCUT2D eigenvalue weighted by molar-refractivity contribution is 0.322. The Balaban J connectivity index is 1.96. The molecule has 2 aromatic rings. The normalized spacial score (nSPS) is 12.2. The molecule has 0 bridgehead atoms. The van der Waals surface area contributed by atoms with Crippen molar-refractivity contribution in [2.45, 2.75) is 9.79 Å². The quantitative estimate of drug-likeness (QED) is 0.602. The zero-order valence-corrected chi connectivity index (χ0v) is 17.2. The van der Waals surface area contributed by atoms with Crippen LogP contribution >= 0.6 is 0 Å². The van der Waals surface area contributed by atoms with Gasteiger partial charge in [-0.25, -0.2) is 30.3 Å². The average molecular weight is 432 g/mol. The Bertz CT molecular complexity index is 1020. The van der Waals surface area contributed by atoms with E-state index in [0.717, 1.165) is 16.4 Å². The van der Waals surface area contributed by atoms with Gasteiger partial charge in [-0.05, 0) is 42.5 Å². The molecule has 0 aliphatic heterocycles. The Morgan fingerprint density at radius 3 is 2.25 bits per heavy atom. The number of halogens is 1. The first-order valence-electron chi connectivity index (χ1n) is 8.06. The minimum absolute atomic E-state index is 0.0172. The molecular formula is C17H21FN2O6S2. The van der Waals surface area contributed by atoms with E-state index in [1.165, 1.54) is 51.5 Å². The number of sulfonamides is 2. The van der Waals surface area contributed by atoms with E-state index in [1.807, 2.05) is 0 Å². The van der Waals surface area contributed by atoms with Gasteiger partial charge in [0.1, 0.15) is 28.8 Å². The molecule has 0 atom stereocenters. The number of rotatable bonds is 9. The summed E-state index contributed by atoms with van der Waals surface area (Å²) in [6.07, 6.45) is 0. The number of hydrogen-bond acceptors (Lipinski definition) is 6. The van der Waals surface area contributed by atoms with Crippen molar-refractivity contribution >= 4 is 20.0 Å². The molecule has 0 fully saturated rings. The first-order valence-corrected chi connectivity index (χ1v) is 11.0. The Kier molecular flexibility index (Phi) is 6.99. The molecule has 0 amide bonds. The standard InChI is InChI=1S/C17H21FN2O6S2/c1-20(2)28(23,24)15-7-5-14(6-8-15)26-11-10-19-27(21,22)17-12-13(18)4-9-16(17)25-3/h4-9,12,19H,10-11H2,1-3H3. The first-order chi connectivity index (χ1) is 13.1. The van der Waals surface area contributed by atoms with Crippen LogP contribution in [0.2, 0.25) is 0 Å². The summed E-state index contributed by atoms with van der Waals surface area (Å²) in [5.74, 6) is -0.307. The third-order valence-electron chi connectivity index (χ3n) is 3.68. The van der Waals surface area contributed by atoms with Gasteiger partial charge in [-0.1, -0.05) is 0 Å². The van der Waals surface area contributed by atoms with E-state index in [4.69, 9.17) is 9.47 Å². The Hall–Kier alpha value is -2.21. The second-order valence-corrected chi connectivity index (χ2v) is 9.69. The first kappa shape index (κ1) is 22.1. The topological polar surface area (TPSA) is 102 Å². The third-order valence-corrected chi connectivity index (χ3v) is 6.99. The van der Waals surface area contributed by atoms with Crippen molar-refractivity contribution in [1.29, 1.82) is 0 Å². The number of methoxy groups -OCH3 is 1. The molecular weight excluding hydrogens is 411 g/mol. The van der Waals surface area contributed by atoms with Gasteiger partial charge in [0.2, 0.25) is 20.0 Å². The van der Waals surface area contributed by atoms with Gasteiger partial charge in [-0.2, -0.15) is 0 Å². The predicted molar refractivity (Wildman–Crippen MR) is 101 cm³/mol. The van der Waals surface area contributed by atoms with E-state index in [-0.39, 0.29) is 28.7 Å². The fraction of sp³-hybridized carbons (Fsp3) is 0.294. The summed E-state index contributed by atoms with van der Waals surface area (Å²) in [6, 6.07) is 8.93. The van der Waals surface area contributed by atoms with Crippen molar-refractivity contribution in [2.75, 3.05) is 34.4 Å². The van der Waals surface area contributed by atoms with Crippen LogP contribution in [-0.4, -0.2) is 55.5 Å². The number of nitrogens with zero attached hydrogens (tertiary/aromatic N) is 1. The second kappa shape index (κ2) is 8.86. The molecule has 1 N–H and O–H groups in total. The van der Waals surface area contributed by atoms with Gasteiger partial charge in [-0.15, -0.1) is 0 Å². The zero-order chi connectivity index (χ0) is 20.9. The van der Waals surface area contributed by atoms with E-state index in [0.29, 0.717) is 5.75 Å². The van der Waals surface area contributed by atoms with Crippen LogP contribution in [0.25, 0.3) is 0 Å². The molecule has 8 nitrogen and oxygen atoms in total. The van der Waals surface area contributed by atoms with Gasteiger partial charge >= 0.3 is 0 Å². The van der Waals surface area contributed by atoms with E-state index < -0.39 is 25.9 Å². The smallest absolute Gasteiger partial charge is 0.244 e. The minimum atomic E-state index is -4.00. The fourth-order valence-electron chi connectivity index (χ4n) is 2.20. The van der Waals surface area contributed by atoms with Crippen LogP contribution in [0.4, 0.5) is 4.39 Å². The van der Waals surface area contributed by atoms with Gasteiger partial charge in [0.25, 0.3) is 0 Å². The van der Waals surface area contributed by atoms with Crippen molar-refractivity contribution in [1.82, 2.24) is 9.03 Å². The van der Waals surface area contributed by atoms with Gasteiger partial charge in [0.15, 0.2) is 0 Å². The Labute approximate surface area is 164 Å². The highest BCUT2D eigenvalue weighted by Crippen LogP contribution is 2.24. The Morgan fingerprint density at radius 1 is 1.04 bits per heavy atom.